The predicted molar refractivity (Wildman–Crippen MR) is 89.5 cm³/mol. The lowest BCUT2D eigenvalue weighted by atomic mass is 9.95. The van der Waals surface area contributed by atoms with Crippen LogP contribution in [0.4, 0.5) is 0 Å². The van der Waals surface area contributed by atoms with Gasteiger partial charge < -0.3 is 0 Å². The Morgan fingerprint density at radius 2 is 1.16 bits per heavy atom. The van der Waals surface area contributed by atoms with Crippen LogP contribution in [0.25, 0.3) is 0 Å². The van der Waals surface area contributed by atoms with Gasteiger partial charge in [-0.05, 0) is 56.8 Å². The largest absolute Gasteiger partial charge is 0.103 e. The van der Waals surface area contributed by atoms with Gasteiger partial charge in [0.2, 0.25) is 0 Å². The molecule has 0 nitrogen and oxygen atoms in total. The zero-order chi connectivity index (χ0) is 14.4. The van der Waals surface area contributed by atoms with Gasteiger partial charge in [-0.25, -0.2) is 0 Å². The smallest absolute Gasteiger partial charge is 0.0203 e. The van der Waals surface area contributed by atoms with E-state index in [1.54, 1.807) is 0 Å². The molecule has 0 aliphatic carbocycles. The van der Waals surface area contributed by atoms with Gasteiger partial charge in [-0.2, -0.15) is 0 Å². The monoisotopic (exact) mass is 262 g/mol. The molecule has 0 N–H and O–H groups in total. The van der Waals surface area contributed by atoms with E-state index in [1.807, 2.05) is 6.08 Å². The first kappa shape index (κ1) is 18.2. The average Bonchev–Trinajstić information content (AvgIpc) is 2.34. The van der Waals surface area contributed by atoms with Crippen LogP contribution < -0.4 is 0 Å². The summed E-state index contributed by atoms with van der Waals surface area (Å²) < 4.78 is 0. The summed E-state index contributed by atoms with van der Waals surface area (Å²) in [6.07, 6.45) is 22.9. The summed E-state index contributed by atoms with van der Waals surface area (Å²) in [7, 11) is 0. The molecule has 0 saturated heterocycles. The molecule has 0 aliphatic heterocycles. The molecule has 0 aromatic heterocycles. The van der Waals surface area contributed by atoms with Crippen LogP contribution in [0.2, 0.25) is 0 Å². The van der Waals surface area contributed by atoms with Crippen molar-refractivity contribution in [3.63, 3.8) is 0 Å². The fourth-order valence-corrected chi connectivity index (χ4v) is 1.92. The van der Waals surface area contributed by atoms with Gasteiger partial charge in [0, 0.05) is 0 Å². The maximum atomic E-state index is 3.74. The second-order valence-electron chi connectivity index (χ2n) is 6.45. The first-order chi connectivity index (χ1) is 9.06. The zero-order valence-corrected chi connectivity index (χ0v) is 13.5. The van der Waals surface area contributed by atoms with Gasteiger partial charge in [-0.1, -0.05) is 57.6 Å². The Labute approximate surface area is 121 Å². The van der Waals surface area contributed by atoms with E-state index in [0.717, 1.165) is 6.42 Å². The van der Waals surface area contributed by atoms with E-state index in [-0.39, 0.29) is 0 Å². The summed E-state index contributed by atoms with van der Waals surface area (Å²) in [6.45, 7) is 10.5. The first-order valence-corrected chi connectivity index (χ1v) is 8.00. The minimum absolute atomic E-state index is 0.342. The molecule has 0 aromatic carbocycles. The van der Waals surface area contributed by atoms with Crippen molar-refractivity contribution in [3.8, 4) is 0 Å². The standard InChI is InChI=1S/C19H34/c1-5-6-7-8-9-10-11-12-13-14-15-16-17-18-19(2,3)4/h5,10-11,17-18H,1,6-9,12-16H2,2-4H3. The third-order valence-electron chi connectivity index (χ3n) is 3.06. The van der Waals surface area contributed by atoms with E-state index in [2.05, 4.69) is 51.7 Å². The Morgan fingerprint density at radius 1 is 0.684 bits per heavy atom. The number of unbranched alkanes of at least 4 members (excludes halogenated alkanes) is 7. The maximum Gasteiger partial charge on any atom is -0.0203 e. The second kappa shape index (κ2) is 12.3. The van der Waals surface area contributed by atoms with Crippen LogP contribution in [0.1, 0.15) is 78.6 Å². The van der Waals surface area contributed by atoms with E-state index in [9.17, 15) is 0 Å². The van der Waals surface area contributed by atoms with Gasteiger partial charge in [0.1, 0.15) is 0 Å². The Bertz CT molecular complexity index is 250. The van der Waals surface area contributed by atoms with Gasteiger partial charge >= 0.3 is 0 Å². The molecule has 0 rings (SSSR count). The summed E-state index contributed by atoms with van der Waals surface area (Å²) in [5, 5.41) is 0. The van der Waals surface area contributed by atoms with Crippen molar-refractivity contribution in [2.45, 2.75) is 78.6 Å². The normalized spacial score (nSPS) is 12.6. The lowest BCUT2D eigenvalue weighted by molar-refractivity contribution is 0.541. The van der Waals surface area contributed by atoms with E-state index in [1.165, 1.54) is 51.4 Å². The summed E-state index contributed by atoms with van der Waals surface area (Å²) in [5.74, 6) is 0. The average molecular weight is 262 g/mol. The number of rotatable bonds is 11. The van der Waals surface area contributed by atoms with Crippen LogP contribution in [-0.2, 0) is 0 Å². The number of allylic oxidation sites excluding steroid dienone is 5. The maximum absolute atomic E-state index is 3.74. The molecule has 0 aromatic rings. The fraction of sp³-hybridized carbons (Fsp3) is 0.684. The van der Waals surface area contributed by atoms with Crippen LogP contribution >= 0.6 is 0 Å². The second-order valence-corrected chi connectivity index (χ2v) is 6.45. The molecule has 0 aliphatic rings. The third-order valence-corrected chi connectivity index (χ3v) is 3.06. The highest BCUT2D eigenvalue weighted by Crippen LogP contribution is 2.15. The third kappa shape index (κ3) is 17.2. The van der Waals surface area contributed by atoms with Crippen molar-refractivity contribution in [2.75, 3.05) is 0 Å². The van der Waals surface area contributed by atoms with Gasteiger partial charge in [-0.15, -0.1) is 6.58 Å². The van der Waals surface area contributed by atoms with E-state index < -0.39 is 0 Å². The molecule has 0 bridgehead atoms. The molecule has 110 valence electrons. The highest BCUT2D eigenvalue weighted by Gasteiger charge is 2.02. The van der Waals surface area contributed by atoms with Crippen molar-refractivity contribution >= 4 is 0 Å². The fourth-order valence-electron chi connectivity index (χ4n) is 1.92. The molecule has 0 atom stereocenters. The van der Waals surface area contributed by atoms with Crippen molar-refractivity contribution in [3.05, 3.63) is 37.0 Å². The molecule has 19 heavy (non-hydrogen) atoms. The van der Waals surface area contributed by atoms with Crippen molar-refractivity contribution < 1.29 is 0 Å². The lowest BCUT2D eigenvalue weighted by Crippen LogP contribution is -1.97. The molecule has 0 radical (unpaired) electrons. The van der Waals surface area contributed by atoms with Crippen LogP contribution in [-0.4, -0.2) is 0 Å². The highest BCUT2D eigenvalue weighted by molar-refractivity contribution is 4.91. The van der Waals surface area contributed by atoms with E-state index in [4.69, 9.17) is 0 Å². The number of hydrogen-bond acceptors (Lipinski definition) is 0. The van der Waals surface area contributed by atoms with Gasteiger partial charge in [0.05, 0.1) is 0 Å². The summed E-state index contributed by atoms with van der Waals surface area (Å²) in [6, 6.07) is 0. The van der Waals surface area contributed by atoms with E-state index in [0.29, 0.717) is 5.41 Å². The van der Waals surface area contributed by atoms with Crippen LogP contribution in [0.3, 0.4) is 0 Å². The molecule has 0 unspecified atom stereocenters. The predicted octanol–water partition coefficient (Wildman–Crippen LogP) is 6.84. The summed E-state index contributed by atoms with van der Waals surface area (Å²) in [5.41, 5.74) is 0.342. The Balaban J connectivity index is 3.24. The molecule has 0 amide bonds. The molecule has 0 heterocycles. The molecule has 0 fully saturated rings. The zero-order valence-electron chi connectivity index (χ0n) is 13.5. The molecule has 0 heteroatoms. The van der Waals surface area contributed by atoms with E-state index >= 15 is 0 Å². The number of hydrogen-bond donors (Lipinski definition) is 0. The van der Waals surface area contributed by atoms with Gasteiger partial charge in [-0.3, -0.25) is 0 Å². The Hall–Kier alpha value is -0.780. The quantitative estimate of drug-likeness (QED) is 0.282. The van der Waals surface area contributed by atoms with Crippen molar-refractivity contribution in [1.82, 2.24) is 0 Å². The highest BCUT2D eigenvalue weighted by atomic mass is 14.1. The van der Waals surface area contributed by atoms with Crippen molar-refractivity contribution in [1.29, 1.82) is 0 Å². The Kier molecular flexibility index (Phi) is 11.8. The minimum atomic E-state index is 0.342. The van der Waals surface area contributed by atoms with Gasteiger partial charge in [0.25, 0.3) is 0 Å². The van der Waals surface area contributed by atoms with Crippen LogP contribution in [0.15, 0.2) is 37.0 Å². The molecular weight excluding hydrogens is 228 g/mol. The lowest BCUT2D eigenvalue weighted by Gasteiger charge is -2.10. The summed E-state index contributed by atoms with van der Waals surface area (Å²) >= 11 is 0. The topological polar surface area (TPSA) is 0 Å². The molecule has 0 saturated carbocycles. The van der Waals surface area contributed by atoms with Crippen LogP contribution in [0, 0.1) is 5.41 Å². The molecular formula is C19H34. The summed E-state index contributed by atoms with van der Waals surface area (Å²) in [4.78, 5) is 0. The first-order valence-electron chi connectivity index (χ1n) is 8.00. The Morgan fingerprint density at radius 3 is 1.68 bits per heavy atom. The van der Waals surface area contributed by atoms with Gasteiger partial charge in [0.15, 0.2) is 0 Å². The minimum Gasteiger partial charge on any atom is -0.103 e. The molecule has 0 spiro atoms. The SMILES string of the molecule is C=CCCCCC=CCCCCCC=CC(C)(C)C. The van der Waals surface area contributed by atoms with Crippen LogP contribution in [0.5, 0.6) is 0 Å². The van der Waals surface area contributed by atoms with Crippen molar-refractivity contribution in [2.24, 2.45) is 5.41 Å².